The summed E-state index contributed by atoms with van der Waals surface area (Å²) < 4.78 is 5.72. The van der Waals surface area contributed by atoms with Crippen molar-refractivity contribution in [3.63, 3.8) is 0 Å². The lowest BCUT2D eigenvalue weighted by Crippen LogP contribution is -1.82. The van der Waals surface area contributed by atoms with Gasteiger partial charge in [0.1, 0.15) is 5.76 Å². The molecule has 0 spiro atoms. The van der Waals surface area contributed by atoms with Crippen LogP contribution in [0, 0.1) is 0 Å². The Hall–Kier alpha value is -2.20. The van der Waals surface area contributed by atoms with Gasteiger partial charge in [0.2, 0.25) is 0 Å². The minimum Gasteiger partial charge on any atom is -0.453 e. The minimum absolute atomic E-state index is 0. The summed E-state index contributed by atoms with van der Waals surface area (Å²) in [5.41, 5.74) is 7.38. The molecule has 2 heterocycles. The van der Waals surface area contributed by atoms with Crippen LogP contribution in [-0.4, -0.2) is 9.97 Å². The molecular weight excluding hydrogens is 250 g/mol. The number of hydrogen-bond donors (Lipinski definition) is 2. The normalized spacial score (nSPS) is 10.0. The number of nitrogen functional groups attached to an aromatic ring is 1. The topological polar surface area (TPSA) is 67.8 Å². The summed E-state index contributed by atoms with van der Waals surface area (Å²) in [6.07, 6.45) is 3.46. The molecule has 3 N–H and O–H groups in total. The predicted molar refractivity (Wildman–Crippen MR) is 73.4 cm³/mol. The Labute approximate surface area is 110 Å². The number of aromatic nitrogens is 2. The van der Waals surface area contributed by atoms with E-state index >= 15 is 0 Å². The van der Waals surface area contributed by atoms with Crippen LogP contribution in [0.2, 0.25) is 0 Å². The fourth-order valence-corrected chi connectivity index (χ4v) is 1.67. The first kappa shape index (κ1) is 12.3. The van der Waals surface area contributed by atoms with Gasteiger partial charge in [-0.25, -0.2) is 4.98 Å². The van der Waals surface area contributed by atoms with Crippen molar-refractivity contribution in [1.82, 2.24) is 9.97 Å². The fraction of sp³-hybridized carbons (Fsp3) is 0. The van der Waals surface area contributed by atoms with E-state index in [9.17, 15) is 0 Å². The average Bonchev–Trinajstić information content (AvgIpc) is 3.00. The SMILES string of the molecule is Cl.Nc1ccc(-c2ccc(-c3ncc[nH]3)o2)cc1. The number of rotatable bonds is 2. The number of nitrogens with two attached hydrogens (primary N) is 1. The monoisotopic (exact) mass is 261 g/mol. The Morgan fingerprint density at radius 3 is 2.39 bits per heavy atom. The minimum atomic E-state index is 0. The summed E-state index contributed by atoms with van der Waals surface area (Å²) in [7, 11) is 0. The maximum Gasteiger partial charge on any atom is 0.173 e. The Morgan fingerprint density at radius 2 is 1.72 bits per heavy atom. The zero-order chi connectivity index (χ0) is 11.7. The highest BCUT2D eigenvalue weighted by Crippen LogP contribution is 2.26. The fourth-order valence-electron chi connectivity index (χ4n) is 1.67. The van der Waals surface area contributed by atoms with Crippen molar-refractivity contribution in [2.75, 3.05) is 5.73 Å². The van der Waals surface area contributed by atoms with Gasteiger partial charge in [-0.3, -0.25) is 0 Å². The van der Waals surface area contributed by atoms with Gasteiger partial charge in [-0.1, -0.05) is 0 Å². The standard InChI is InChI=1S/C13H11N3O.ClH/c14-10-3-1-9(2-4-10)11-5-6-12(17-11)13-15-7-8-16-13;/h1-8H,14H2,(H,15,16);1H. The third-order valence-electron chi connectivity index (χ3n) is 2.53. The Bertz CT molecular complexity index is 614. The molecule has 0 aliphatic carbocycles. The summed E-state index contributed by atoms with van der Waals surface area (Å²) in [4.78, 5) is 7.14. The molecule has 0 atom stereocenters. The second-order valence-corrected chi connectivity index (χ2v) is 3.72. The smallest absolute Gasteiger partial charge is 0.173 e. The highest BCUT2D eigenvalue weighted by Gasteiger charge is 2.07. The van der Waals surface area contributed by atoms with Crippen molar-refractivity contribution >= 4 is 18.1 Å². The number of benzene rings is 1. The molecule has 0 aliphatic rings. The number of nitrogens with one attached hydrogen (secondary N) is 1. The van der Waals surface area contributed by atoms with Crippen molar-refractivity contribution in [1.29, 1.82) is 0 Å². The van der Waals surface area contributed by atoms with E-state index in [1.54, 1.807) is 12.4 Å². The Kier molecular flexibility index (Phi) is 3.39. The zero-order valence-electron chi connectivity index (χ0n) is 9.46. The van der Waals surface area contributed by atoms with Crippen LogP contribution < -0.4 is 5.73 Å². The van der Waals surface area contributed by atoms with Gasteiger partial charge in [0.15, 0.2) is 11.6 Å². The molecule has 3 aromatic rings. The Morgan fingerprint density at radius 1 is 1.00 bits per heavy atom. The molecule has 4 nitrogen and oxygen atoms in total. The number of nitrogens with zero attached hydrogens (tertiary/aromatic N) is 1. The molecule has 3 rings (SSSR count). The number of halogens is 1. The average molecular weight is 262 g/mol. The third-order valence-corrected chi connectivity index (χ3v) is 2.53. The van der Waals surface area contributed by atoms with Crippen LogP contribution in [0.4, 0.5) is 5.69 Å². The lowest BCUT2D eigenvalue weighted by molar-refractivity contribution is 0.593. The van der Waals surface area contributed by atoms with E-state index < -0.39 is 0 Å². The van der Waals surface area contributed by atoms with E-state index in [1.165, 1.54) is 0 Å². The van der Waals surface area contributed by atoms with Crippen molar-refractivity contribution in [3.05, 3.63) is 48.8 Å². The molecule has 0 unspecified atom stereocenters. The van der Waals surface area contributed by atoms with E-state index in [2.05, 4.69) is 9.97 Å². The van der Waals surface area contributed by atoms with Gasteiger partial charge in [-0.2, -0.15) is 0 Å². The van der Waals surface area contributed by atoms with Gasteiger partial charge in [0.05, 0.1) is 0 Å². The van der Waals surface area contributed by atoms with Gasteiger partial charge in [0, 0.05) is 23.6 Å². The number of aromatic amines is 1. The zero-order valence-corrected chi connectivity index (χ0v) is 10.3. The maximum atomic E-state index is 5.72. The Balaban J connectivity index is 0.00000120. The van der Waals surface area contributed by atoms with Gasteiger partial charge < -0.3 is 15.1 Å². The molecule has 0 saturated carbocycles. The van der Waals surface area contributed by atoms with E-state index in [0.29, 0.717) is 0 Å². The maximum absolute atomic E-state index is 5.72. The molecule has 1 aromatic carbocycles. The van der Waals surface area contributed by atoms with E-state index in [0.717, 1.165) is 28.6 Å². The van der Waals surface area contributed by atoms with E-state index in [-0.39, 0.29) is 12.4 Å². The molecule has 0 fully saturated rings. The molecular formula is C13H12ClN3O. The molecule has 18 heavy (non-hydrogen) atoms. The number of furan rings is 1. The quantitative estimate of drug-likeness (QED) is 0.695. The molecule has 0 saturated heterocycles. The van der Waals surface area contributed by atoms with Gasteiger partial charge in [-0.15, -0.1) is 12.4 Å². The van der Waals surface area contributed by atoms with Crippen molar-refractivity contribution in [2.45, 2.75) is 0 Å². The van der Waals surface area contributed by atoms with Crippen LogP contribution in [0.25, 0.3) is 22.9 Å². The highest BCUT2D eigenvalue weighted by atomic mass is 35.5. The number of H-pyrrole nitrogens is 1. The first-order chi connectivity index (χ1) is 8.33. The summed E-state index contributed by atoms with van der Waals surface area (Å²) >= 11 is 0. The molecule has 0 aliphatic heterocycles. The molecule has 0 bridgehead atoms. The molecule has 5 heteroatoms. The van der Waals surface area contributed by atoms with Crippen LogP contribution in [0.1, 0.15) is 0 Å². The number of hydrogen-bond acceptors (Lipinski definition) is 3. The van der Waals surface area contributed by atoms with Crippen molar-refractivity contribution in [2.24, 2.45) is 0 Å². The van der Waals surface area contributed by atoms with Crippen molar-refractivity contribution in [3.8, 4) is 22.9 Å². The van der Waals surface area contributed by atoms with E-state index in [1.807, 2.05) is 36.4 Å². The molecule has 2 aromatic heterocycles. The predicted octanol–water partition coefficient (Wildman–Crippen LogP) is 3.34. The van der Waals surface area contributed by atoms with Gasteiger partial charge in [-0.05, 0) is 36.4 Å². The molecule has 92 valence electrons. The van der Waals surface area contributed by atoms with Gasteiger partial charge >= 0.3 is 0 Å². The van der Waals surface area contributed by atoms with E-state index in [4.69, 9.17) is 10.2 Å². The van der Waals surface area contributed by atoms with Crippen LogP contribution in [-0.2, 0) is 0 Å². The lowest BCUT2D eigenvalue weighted by atomic mass is 10.1. The van der Waals surface area contributed by atoms with Crippen molar-refractivity contribution < 1.29 is 4.42 Å². The van der Waals surface area contributed by atoms with Crippen LogP contribution in [0.15, 0.2) is 53.2 Å². The van der Waals surface area contributed by atoms with Crippen LogP contribution >= 0.6 is 12.4 Å². The van der Waals surface area contributed by atoms with Crippen LogP contribution in [0.3, 0.4) is 0 Å². The second-order valence-electron chi connectivity index (χ2n) is 3.72. The summed E-state index contributed by atoms with van der Waals surface area (Å²) in [6.45, 7) is 0. The summed E-state index contributed by atoms with van der Waals surface area (Å²) in [6, 6.07) is 11.4. The summed E-state index contributed by atoms with van der Waals surface area (Å²) in [5, 5.41) is 0. The first-order valence-corrected chi connectivity index (χ1v) is 5.28. The molecule has 0 amide bonds. The summed E-state index contributed by atoms with van der Waals surface area (Å²) in [5.74, 6) is 2.25. The largest absolute Gasteiger partial charge is 0.453 e. The molecule has 0 radical (unpaired) electrons. The van der Waals surface area contributed by atoms with Gasteiger partial charge in [0.25, 0.3) is 0 Å². The third kappa shape index (κ3) is 2.24. The first-order valence-electron chi connectivity index (χ1n) is 5.28. The number of imidazole rings is 1. The lowest BCUT2D eigenvalue weighted by Gasteiger charge is -1.97. The second kappa shape index (κ2) is 4.98. The number of anilines is 1. The van der Waals surface area contributed by atoms with Crippen LogP contribution in [0.5, 0.6) is 0 Å². The highest BCUT2D eigenvalue weighted by molar-refractivity contribution is 5.85.